The normalized spacial score (nSPS) is 12.1. The van der Waals surface area contributed by atoms with Gasteiger partial charge in [0.25, 0.3) is 5.91 Å². The minimum absolute atomic E-state index is 0.0937. The minimum atomic E-state index is -0.199. The first kappa shape index (κ1) is 20.9. The van der Waals surface area contributed by atoms with Gasteiger partial charge in [-0.05, 0) is 57.1 Å². The molecular weight excluding hydrogens is 360 g/mol. The van der Waals surface area contributed by atoms with E-state index in [1.165, 1.54) is 4.88 Å². The van der Waals surface area contributed by atoms with Crippen LogP contribution in [-0.2, 0) is 6.54 Å². The van der Waals surface area contributed by atoms with Gasteiger partial charge in [-0.15, -0.1) is 11.3 Å². The van der Waals surface area contributed by atoms with Gasteiger partial charge in [0.15, 0.2) is 0 Å². The van der Waals surface area contributed by atoms with E-state index in [2.05, 4.69) is 26.9 Å². The Labute approximate surface area is 165 Å². The molecule has 0 saturated heterocycles. The highest BCUT2D eigenvalue weighted by Crippen LogP contribution is 2.22. The third-order valence-electron chi connectivity index (χ3n) is 4.04. The summed E-state index contributed by atoms with van der Waals surface area (Å²) in [5, 5.41) is 10.6. The number of nitrogens with zero attached hydrogens (tertiary/aromatic N) is 1. The van der Waals surface area contributed by atoms with Gasteiger partial charge in [-0.25, -0.2) is 4.79 Å². The third kappa shape index (κ3) is 6.69. The summed E-state index contributed by atoms with van der Waals surface area (Å²) in [6, 6.07) is 11.4. The van der Waals surface area contributed by atoms with E-state index in [1.54, 1.807) is 23.5 Å². The van der Waals surface area contributed by atoms with E-state index in [0.717, 1.165) is 5.56 Å². The summed E-state index contributed by atoms with van der Waals surface area (Å²) < 4.78 is 0. The Bertz CT molecular complexity index is 727. The van der Waals surface area contributed by atoms with Crippen LogP contribution in [0.15, 0.2) is 41.8 Å². The Kier molecular flexibility index (Phi) is 7.82. The number of nitrogens with one attached hydrogen (secondary N) is 3. The van der Waals surface area contributed by atoms with E-state index >= 15 is 0 Å². The fourth-order valence-electron chi connectivity index (χ4n) is 2.58. The second kappa shape index (κ2) is 10.1. The first-order valence-corrected chi connectivity index (χ1v) is 9.86. The summed E-state index contributed by atoms with van der Waals surface area (Å²) in [6.07, 6.45) is 0. The van der Waals surface area contributed by atoms with E-state index in [0.29, 0.717) is 18.7 Å². The molecule has 7 heteroatoms. The van der Waals surface area contributed by atoms with E-state index in [-0.39, 0.29) is 24.0 Å². The predicted molar refractivity (Wildman–Crippen MR) is 110 cm³/mol. The van der Waals surface area contributed by atoms with Gasteiger partial charge in [-0.2, -0.15) is 0 Å². The topological polar surface area (TPSA) is 73.5 Å². The maximum Gasteiger partial charge on any atom is 0.315 e. The number of rotatable bonds is 8. The van der Waals surface area contributed by atoms with Crippen molar-refractivity contribution in [2.24, 2.45) is 0 Å². The van der Waals surface area contributed by atoms with Crippen molar-refractivity contribution in [3.63, 3.8) is 0 Å². The van der Waals surface area contributed by atoms with Crippen LogP contribution in [0.5, 0.6) is 0 Å². The van der Waals surface area contributed by atoms with Crippen molar-refractivity contribution >= 4 is 23.3 Å². The van der Waals surface area contributed by atoms with E-state index in [4.69, 9.17) is 0 Å². The molecule has 0 unspecified atom stereocenters. The fraction of sp³-hybridized carbons (Fsp3) is 0.400. The number of carbonyl (C=O) groups excluding carboxylic acids is 2. The lowest BCUT2D eigenvalue weighted by Gasteiger charge is -2.23. The lowest BCUT2D eigenvalue weighted by atomic mass is 10.1. The highest BCUT2D eigenvalue weighted by molar-refractivity contribution is 7.10. The molecule has 0 radical (unpaired) electrons. The number of benzene rings is 1. The van der Waals surface area contributed by atoms with E-state index < -0.39 is 0 Å². The van der Waals surface area contributed by atoms with Gasteiger partial charge in [0, 0.05) is 29.6 Å². The molecule has 1 heterocycles. The van der Waals surface area contributed by atoms with Crippen molar-refractivity contribution in [2.75, 3.05) is 20.6 Å². The van der Waals surface area contributed by atoms with Gasteiger partial charge in [0.1, 0.15) is 0 Å². The van der Waals surface area contributed by atoms with Crippen LogP contribution in [0.4, 0.5) is 4.79 Å². The average molecular weight is 389 g/mol. The Balaban J connectivity index is 1.87. The van der Waals surface area contributed by atoms with Crippen LogP contribution < -0.4 is 16.0 Å². The molecule has 2 rings (SSSR count). The van der Waals surface area contributed by atoms with Crippen molar-refractivity contribution in [3.8, 4) is 0 Å². The van der Waals surface area contributed by atoms with Crippen LogP contribution in [0.1, 0.15) is 40.7 Å². The molecule has 1 aromatic heterocycles. The molecule has 0 bridgehead atoms. The van der Waals surface area contributed by atoms with E-state index in [9.17, 15) is 9.59 Å². The van der Waals surface area contributed by atoms with Crippen LogP contribution in [-0.4, -0.2) is 43.5 Å². The molecule has 0 fully saturated rings. The molecular formula is C20H28N4O2S. The highest BCUT2D eigenvalue weighted by Gasteiger charge is 2.16. The maximum atomic E-state index is 12.4. The van der Waals surface area contributed by atoms with Gasteiger partial charge in [0.2, 0.25) is 0 Å². The molecule has 2 aromatic rings. The van der Waals surface area contributed by atoms with Crippen LogP contribution in [0.25, 0.3) is 0 Å². The summed E-state index contributed by atoms with van der Waals surface area (Å²) in [6.45, 7) is 4.78. The molecule has 0 aliphatic carbocycles. The molecule has 27 heavy (non-hydrogen) atoms. The van der Waals surface area contributed by atoms with Gasteiger partial charge < -0.3 is 20.9 Å². The zero-order chi connectivity index (χ0) is 19.8. The van der Waals surface area contributed by atoms with Crippen molar-refractivity contribution < 1.29 is 9.59 Å². The van der Waals surface area contributed by atoms with Crippen molar-refractivity contribution in [1.82, 2.24) is 20.9 Å². The lowest BCUT2D eigenvalue weighted by molar-refractivity contribution is 0.0942. The second-order valence-corrected chi connectivity index (χ2v) is 7.86. The van der Waals surface area contributed by atoms with Crippen LogP contribution in [0.3, 0.4) is 0 Å². The second-order valence-electron chi connectivity index (χ2n) is 6.88. The Morgan fingerprint density at radius 2 is 1.78 bits per heavy atom. The average Bonchev–Trinajstić information content (AvgIpc) is 3.14. The van der Waals surface area contributed by atoms with Gasteiger partial charge >= 0.3 is 6.03 Å². The molecule has 3 N–H and O–H groups in total. The molecule has 0 aliphatic heterocycles. The minimum Gasteiger partial charge on any atom is -0.350 e. The number of urea groups is 1. The van der Waals surface area contributed by atoms with Gasteiger partial charge in [0.05, 0.1) is 6.04 Å². The highest BCUT2D eigenvalue weighted by atomic mass is 32.1. The number of carbonyl (C=O) groups is 2. The molecule has 1 atom stereocenters. The first-order valence-electron chi connectivity index (χ1n) is 8.98. The summed E-state index contributed by atoms with van der Waals surface area (Å²) in [5.41, 5.74) is 1.55. The SMILES string of the molecule is CC(C)NC(=O)NCc1ccc(C(=O)NC[C@@H](c2cccs2)N(C)C)cc1. The van der Waals surface area contributed by atoms with Crippen molar-refractivity contribution in [2.45, 2.75) is 32.5 Å². The van der Waals surface area contributed by atoms with Crippen molar-refractivity contribution in [3.05, 3.63) is 57.8 Å². The smallest absolute Gasteiger partial charge is 0.315 e. The Morgan fingerprint density at radius 1 is 1.07 bits per heavy atom. The standard InChI is InChI=1S/C20H28N4O2S/c1-14(2)23-20(26)22-12-15-7-9-16(10-8-15)19(25)21-13-17(24(3)4)18-6-5-11-27-18/h5-11,14,17H,12-13H2,1-4H3,(H,21,25)(H2,22,23,26)/t17-/m0/s1. The Morgan fingerprint density at radius 3 is 2.33 bits per heavy atom. The summed E-state index contributed by atoms with van der Waals surface area (Å²) in [7, 11) is 4.02. The molecule has 146 valence electrons. The fourth-order valence-corrected chi connectivity index (χ4v) is 3.50. The number of amides is 3. The monoisotopic (exact) mass is 388 g/mol. The molecule has 1 aromatic carbocycles. The molecule has 3 amide bonds. The zero-order valence-corrected chi connectivity index (χ0v) is 17.1. The van der Waals surface area contributed by atoms with Crippen LogP contribution in [0.2, 0.25) is 0 Å². The van der Waals surface area contributed by atoms with Crippen LogP contribution >= 0.6 is 11.3 Å². The molecule has 0 aliphatic rings. The van der Waals surface area contributed by atoms with E-state index in [1.807, 2.05) is 51.5 Å². The van der Waals surface area contributed by atoms with Crippen molar-refractivity contribution in [1.29, 1.82) is 0 Å². The molecule has 6 nitrogen and oxygen atoms in total. The number of hydrogen-bond acceptors (Lipinski definition) is 4. The summed E-state index contributed by atoms with van der Waals surface area (Å²) >= 11 is 1.69. The summed E-state index contributed by atoms with van der Waals surface area (Å²) in [5.74, 6) is -0.101. The zero-order valence-electron chi connectivity index (χ0n) is 16.3. The maximum absolute atomic E-state index is 12.4. The molecule has 0 saturated carbocycles. The number of likely N-dealkylation sites (N-methyl/N-ethyl adjacent to an activating group) is 1. The predicted octanol–water partition coefficient (Wildman–Crippen LogP) is 2.99. The van der Waals surface area contributed by atoms with Crippen LogP contribution in [0, 0.1) is 0 Å². The Hall–Kier alpha value is -2.38. The first-order chi connectivity index (χ1) is 12.9. The number of hydrogen-bond donors (Lipinski definition) is 3. The van der Waals surface area contributed by atoms with Gasteiger partial charge in [-0.1, -0.05) is 18.2 Å². The lowest BCUT2D eigenvalue weighted by Crippen LogP contribution is -2.39. The van der Waals surface area contributed by atoms with Gasteiger partial charge in [-0.3, -0.25) is 4.79 Å². The number of thiophene rings is 1. The summed E-state index contributed by atoms with van der Waals surface area (Å²) in [4.78, 5) is 27.4. The quantitative estimate of drug-likeness (QED) is 0.651. The largest absolute Gasteiger partial charge is 0.350 e. The third-order valence-corrected chi connectivity index (χ3v) is 5.01. The molecule has 0 spiro atoms.